The van der Waals surface area contributed by atoms with Gasteiger partial charge in [0.2, 0.25) is 0 Å². The summed E-state index contributed by atoms with van der Waals surface area (Å²) in [5.41, 5.74) is 1.88. The molecule has 0 aliphatic heterocycles. The molecule has 0 aliphatic carbocycles. The highest BCUT2D eigenvalue weighted by atomic mass is 16.3. The Morgan fingerprint density at radius 1 is 1.29 bits per heavy atom. The maximum atomic E-state index is 9.11. The molecule has 0 saturated heterocycles. The number of nitrogens with zero attached hydrogens (tertiary/aromatic N) is 2. The molecule has 1 aromatic carbocycles. The monoisotopic (exact) mass is 189 g/mol. The third-order valence-electron chi connectivity index (χ3n) is 1.99. The topological polar surface area (TPSA) is 50.1 Å². The molecule has 0 saturated carbocycles. The van der Waals surface area contributed by atoms with Gasteiger partial charge in [0.05, 0.1) is 23.8 Å². The van der Waals surface area contributed by atoms with Crippen LogP contribution in [0.5, 0.6) is 5.75 Å². The van der Waals surface area contributed by atoms with Gasteiger partial charge in [0, 0.05) is 7.05 Å². The molecule has 4 heteroatoms. The molecule has 4 nitrogen and oxygen atoms in total. The van der Waals surface area contributed by atoms with Gasteiger partial charge in [0.25, 0.3) is 0 Å². The van der Waals surface area contributed by atoms with Crippen molar-refractivity contribution >= 4 is 5.69 Å². The zero-order chi connectivity index (χ0) is 9.97. The number of nitrogens with one attached hydrogen (secondary N) is 1. The molecule has 2 rings (SSSR count). The van der Waals surface area contributed by atoms with Crippen LogP contribution in [0.4, 0.5) is 5.69 Å². The fourth-order valence-corrected chi connectivity index (χ4v) is 1.20. The minimum Gasteiger partial charge on any atom is -0.508 e. The number of phenols is 1. The van der Waals surface area contributed by atoms with Crippen LogP contribution >= 0.6 is 0 Å². The molecule has 0 radical (unpaired) electrons. The lowest BCUT2D eigenvalue weighted by Crippen LogP contribution is -1.93. The van der Waals surface area contributed by atoms with E-state index in [0.29, 0.717) is 0 Å². The molecular weight excluding hydrogens is 178 g/mol. The molecule has 2 N–H and O–H groups in total. The molecule has 14 heavy (non-hydrogen) atoms. The summed E-state index contributed by atoms with van der Waals surface area (Å²) in [7, 11) is 1.85. The van der Waals surface area contributed by atoms with E-state index in [0.717, 1.165) is 11.4 Å². The molecule has 0 bridgehead atoms. The summed E-state index contributed by atoms with van der Waals surface area (Å²) in [6.45, 7) is 0. The van der Waals surface area contributed by atoms with Crippen molar-refractivity contribution in [2.75, 3.05) is 12.4 Å². The predicted octanol–water partition coefficient (Wildman–Crippen LogP) is 1.62. The van der Waals surface area contributed by atoms with Crippen LogP contribution in [0, 0.1) is 0 Å². The van der Waals surface area contributed by atoms with E-state index in [9.17, 15) is 0 Å². The summed E-state index contributed by atoms with van der Waals surface area (Å²) in [6.07, 6.45) is 3.62. The normalized spacial score (nSPS) is 10.1. The van der Waals surface area contributed by atoms with Crippen molar-refractivity contribution in [1.29, 1.82) is 0 Å². The van der Waals surface area contributed by atoms with E-state index in [1.165, 1.54) is 0 Å². The Morgan fingerprint density at radius 2 is 2.00 bits per heavy atom. The van der Waals surface area contributed by atoms with Crippen LogP contribution in [-0.4, -0.2) is 21.9 Å². The average molecular weight is 189 g/mol. The summed E-state index contributed by atoms with van der Waals surface area (Å²) in [4.78, 5) is 0. The highest BCUT2D eigenvalue weighted by Crippen LogP contribution is 2.14. The number of hydrogen-bond donors (Lipinski definition) is 2. The minimum atomic E-state index is 0.259. The van der Waals surface area contributed by atoms with E-state index in [-0.39, 0.29) is 5.75 Å². The molecule has 72 valence electrons. The largest absolute Gasteiger partial charge is 0.508 e. The van der Waals surface area contributed by atoms with Crippen molar-refractivity contribution in [3.8, 4) is 11.4 Å². The van der Waals surface area contributed by atoms with E-state index in [1.807, 2.05) is 25.4 Å². The van der Waals surface area contributed by atoms with Crippen LogP contribution < -0.4 is 5.32 Å². The van der Waals surface area contributed by atoms with Gasteiger partial charge in [0.1, 0.15) is 5.75 Å². The van der Waals surface area contributed by atoms with E-state index < -0.39 is 0 Å². The van der Waals surface area contributed by atoms with Crippen molar-refractivity contribution in [2.45, 2.75) is 0 Å². The van der Waals surface area contributed by atoms with Gasteiger partial charge >= 0.3 is 0 Å². The molecule has 0 amide bonds. The Balaban J connectivity index is 2.34. The first-order chi connectivity index (χ1) is 6.79. The molecule has 0 atom stereocenters. The number of hydrogen-bond acceptors (Lipinski definition) is 3. The summed E-state index contributed by atoms with van der Waals surface area (Å²) in [5.74, 6) is 0.259. The summed E-state index contributed by atoms with van der Waals surface area (Å²) in [5, 5.41) is 16.3. The molecule has 2 aromatic rings. The van der Waals surface area contributed by atoms with Gasteiger partial charge in [-0.05, 0) is 24.3 Å². The average Bonchev–Trinajstić information content (AvgIpc) is 2.67. The second-order valence-corrected chi connectivity index (χ2v) is 2.94. The fraction of sp³-hybridized carbons (Fsp3) is 0.100. The Hall–Kier alpha value is -1.97. The van der Waals surface area contributed by atoms with Gasteiger partial charge in [-0.1, -0.05) is 0 Å². The Labute approximate surface area is 81.8 Å². The molecule has 1 heterocycles. The van der Waals surface area contributed by atoms with Gasteiger partial charge in [0.15, 0.2) is 0 Å². The molecule has 0 unspecified atom stereocenters. The molecule has 0 aliphatic rings. The van der Waals surface area contributed by atoms with Crippen molar-refractivity contribution in [3.05, 3.63) is 36.7 Å². The van der Waals surface area contributed by atoms with Gasteiger partial charge in [-0.2, -0.15) is 5.10 Å². The SMILES string of the molecule is CNc1cnn(-c2ccc(O)cc2)c1. The highest BCUT2D eigenvalue weighted by molar-refractivity contribution is 5.42. The third kappa shape index (κ3) is 1.54. The summed E-state index contributed by atoms with van der Waals surface area (Å²) >= 11 is 0. The maximum Gasteiger partial charge on any atom is 0.115 e. The van der Waals surface area contributed by atoms with E-state index in [4.69, 9.17) is 5.11 Å². The molecule has 0 fully saturated rings. The van der Waals surface area contributed by atoms with Crippen LogP contribution in [0.2, 0.25) is 0 Å². The van der Waals surface area contributed by atoms with Gasteiger partial charge in [-0.3, -0.25) is 0 Å². The third-order valence-corrected chi connectivity index (χ3v) is 1.99. The maximum absolute atomic E-state index is 9.11. The number of phenolic OH excluding ortho intramolecular Hbond substituents is 1. The van der Waals surface area contributed by atoms with Crippen LogP contribution in [0.3, 0.4) is 0 Å². The highest BCUT2D eigenvalue weighted by Gasteiger charge is 1.98. The van der Waals surface area contributed by atoms with Crippen LogP contribution in [0.15, 0.2) is 36.7 Å². The smallest absolute Gasteiger partial charge is 0.115 e. The lowest BCUT2D eigenvalue weighted by molar-refractivity contribution is 0.475. The first-order valence-electron chi connectivity index (χ1n) is 4.31. The van der Waals surface area contributed by atoms with Crippen LogP contribution in [0.1, 0.15) is 0 Å². The number of benzene rings is 1. The van der Waals surface area contributed by atoms with E-state index in [1.54, 1.807) is 23.0 Å². The zero-order valence-corrected chi connectivity index (χ0v) is 7.81. The number of aromatic nitrogens is 2. The van der Waals surface area contributed by atoms with Crippen molar-refractivity contribution in [1.82, 2.24) is 9.78 Å². The zero-order valence-electron chi connectivity index (χ0n) is 7.81. The van der Waals surface area contributed by atoms with Gasteiger partial charge < -0.3 is 10.4 Å². The lowest BCUT2D eigenvalue weighted by Gasteiger charge is -2.00. The predicted molar refractivity (Wildman–Crippen MR) is 54.8 cm³/mol. The Morgan fingerprint density at radius 3 is 2.57 bits per heavy atom. The number of aromatic hydroxyl groups is 1. The second-order valence-electron chi connectivity index (χ2n) is 2.94. The van der Waals surface area contributed by atoms with Crippen molar-refractivity contribution < 1.29 is 5.11 Å². The minimum absolute atomic E-state index is 0.259. The van der Waals surface area contributed by atoms with Crippen molar-refractivity contribution in [2.24, 2.45) is 0 Å². The van der Waals surface area contributed by atoms with Gasteiger partial charge in [-0.25, -0.2) is 4.68 Å². The Bertz CT molecular complexity index is 419. The quantitative estimate of drug-likeness (QED) is 0.754. The summed E-state index contributed by atoms with van der Waals surface area (Å²) < 4.78 is 1.74. The summed E-state index contributed by atoms with van der Waals surface area (Å²) in [6, 6.07) is 6.88. The molecule has 1 aromatic heterocycles. The van der Waals surface area contributed by atoms with E-state index >= 15 is 0 Å². The van der Waals surface area contributed by atoms with Crippen molar-refractivity contribution in [3.63, 3.8) is 0 Å². The molecular formula is C10H11N3O. The standard InChI is InChI=1S/C10H11N3O/c1-11-8-6-12-13(7-8)9-2-4-10(14)5-3-9/h2-7,11,14H,1H3. The lowest BCUT2D eigenvalue weighted by atomic mass is 10.3. The first-order valence-corrected chi connectivity index (χ1v) is 4.31. The van der Waals surface area contributed by atoms with Crippen LogP contribution in [0.25, 0.3) is 5.69 Å². The van der Waals surface area contributed by atoms with Gasteiger partial charge in [-0.15, -0.1) is 0 Å². The van der Waals surface area contributed by atoms with E-state index in [2.05, 4.69) is 10.4 Å². The number of rotatable bonds is 2. The number of anilines is 1. The van der Waals surface area contributed by atoms with Crippen LogP contribution in [-0.2, 0) is 0 Å². The Kier molecular flexibility index (Phi) is 2.10. The second kappa shape index (κ2) is 3.41. The molecule has 0 spiro atoms. The fourth-order valence-electron chi connectivity index (χ4n) is 1.20. The first kappa shape index (κ1) is 8.62.